The Hall–Kier alpha value is 0.661. The molecule has 4 rings (SSSR count). The van der Waals surface area contributed by atoms with E-state index in [0.29, 0.717) is 25.7 Å². The van der Waals surface area contributed by atoms with E-state index in [1.165, 1.54) is 38.5 Å². The van der Waals surface area contributed by atoms with E-state index >= 15 is 0 Å². The van der Waals surface area contributed by atoms with E-state index in [-0.39, 0.29) is 40.0 Å². The standard InChI is InChI=1S/2C15H27N2O.2Ag.2ClH/c2*1-12(2)14-6-5-13(3)9-15(14)18-11-17-8-7-16(4)10-17;;;;/h2*7-8,10,12-15H,5-6,9,11H2,1-4H3;;;2*1H/q2*-1;;+2;;/p-2/t2*13-,14+,15-;;;;/m11..../s1. The number of halogens is 2. The molecule has 0 aromatic rings. The van der Waals surface area contributed by atoms with Gasteiger partial charge in [-0.2, -0.15) is 13.3 Å². The van der Waals surface area contributed by atoms with E-state index in [0.717, 1.165) is 35.5 Å². The van der Waals surface area contributed by atoms with E-state index in [9.17, 15) is 0 Å². The van der Waals surface area contributed by atoms with Crippen molar-refractivity contribution < 1.29 is 49.4 Å². The van der Waals surface area contributed by atoms with Crippen LogP contribution in [0, 0.1) is 48.8 Å². The van der Waals surface area contributed by atoms with Gasteiger partial charge in [0, 0.05) is 22.4 Å². The molecule has 244 valence electrons. The molecule has 6 atom stereocenters. The molecule has 0 unspecified atom stereocenters. The topological polar surface area (TPSA) is 31.4 Å². The molecule has 0 spiro atoms. The fourth-order valence-corrected chi connectivity index (χ4v) is 6.13. The number of nitrogens with zero attached hydrogens (tertiary/aromatic N) is 4. The van der Waals surface area contributed by atoms with Crippen LogP contribution in [0.25, 0.3) is 0 Å². The van der Waals surface area contributed by atoms with Gasteiger partial charge in [0.1, 0.15) is 0 Å². The Morgan fingerprint density at radius 2 is 1.07 bits per heavy atom. The molecule has 6 nitrogen and oxygen atoms in total. The van der Waals surface area contributed by atoms with Crippen LogP contribution in [0.4, 0.5) is 0 Å². The molecule has 0 aromatic carbocycles. The van der Waals surface area contributed by atoms with Crippen LogP contribution in [0.2, 0.25) is 0 Å². The van der Waals surface area contributed by atoms with Crippen molar-refractivity contribution in [1.29, 1.82) is 0 Å². The van der Waals surface area contributed by atoms with E-state index in [1.807, 2.05) is 36.3 Å². The zero-order chi connectivity index (χ0) is 28.9. The molecule has 2 heterocycles. The zero-order valence-electron chi connectivity index (χ0n) is 25.7. The zero-order valence-corrected chi connectivity index (χ0v) is 30.2. The Balaban J connectivity index is 0.000000356. The molecule has 4 aliphatic rings. The van der Waals surface area contributed by atoms with E-state index in [2.05, 4.69) is 77.1 Å². The minimum absolute atomic E-state index is 0. The summed E-state index contributed by atoms with van der Waals surface area (Å²) in [6.45, 7) is 19.5. The van der Waals surface area contributed by atoms with Crippen molar-refractivity contribution in [3.05, 3.63) is 38.1 Å². The predicted molar refractivity (Wildman–Crippen MR) is 160 cm³/mol. The first kappa shape index (κ1) is 38.7. The third kappa shape index (κ3) is 14.0. The van der Waals surface area contributed by atoms with Crippen LogP contribution in [0.5, 0.6) is 0 Å². The summed E-state index contributed by atoms with van der Waals surface area (Å²) in [4.78, 5) is 8.31. The van der Waals surface area contributed by atoms with Crippen molar-refractivity contribution in [3.63, 3.8) is 0 Å². The number of ether oxygens (including phenoxy) is 2. The van der Waals surface area contributed by atoms with Crippen LogP contribution in [0.3, 0.4) is 0 Å². The minimum atomic E-state index is 0. The van der Waals surface area contributed by atoms with Gasteiger partial charge in [-0.05, 0) is 100 Å². The van der Waals surface area contributed by atoms with Crippen LogP contribution < -0.4 is 0 Å². The Labute approximate surface area is 279 Å². The summed E-state index contributed by atoms with van der Waals surface area (Å²) in [5, 5.41) is 0. The number of hydrogen-bond acceptors (Lipinski definition) is 6. The Bertz CT molecular complexity index is 676. The average Bonchev–Trinajstić information content (AvgIpc) is 3.49. The molecule has 10 heteroatoms. The number of rotatable bonds is 8. The summed E-state index contributed by atoms with van der Waals surface area (Å²) in [5.41, 5.74) is 0. The van der Waals surface area contributed by atoms with Gasteiger partial charge >= 0.3 is 36.0 Å². The van der Waals surface area contributed by atoms with Crippen LogP contribution in [0.1, 0.15) is 80.1 Å². The predicted octanol–water partition coefficient (Wildman–Crippen LogP) is 7.89. The van der Waals surface area contributed by atoms with Gasteiger partial charge in [0.15, 0.2) is 0 Å². The SMILES string of the molecule is CC(C)[C@@H]1CC[C@@H](C)C[C@H]1OCN1C=CN(C)[CH-]1.CC(C)[C@@H]1CC[C@@H](C)C[C@H]1OCN1C=CN(C)[CH-]1.[Ag].[Cl][Ag][Cl]. The molecule has 0 N–H and O–H groups in total. The van der Waals surface area contributed by atoms with E-state index in [4.69, 9.17) is 27.9 Å². The molecular weight excluding hydrogens is 735 g/mol. The maximum absolute atomic E-state index is 6.18. The monoisotopic (exact) mass is 786 g/mol. The van der Waals surface area contributed by atoms with Gasteiger partial charge in [-0.15, -0.1) is 0 Å². The first-order chi connectivity index (χ1) is 18.5. The molecule has 0 saturated heterocycles. The van der Waals surface area contributed by atoms with Crippen LogP contribution in [0.15, 0.2) is 24.8 Å². The fraction of sp³-hybridized carbons (Fsp3) is 0.800. The summed E-state index contributed by atoms with van der Waals surface area (Å²) in [6, 6.07) is 0. The van der Waals surface area contributed by atoms with Gasteiger partial charge in [0.25, 0.3) is 0 Å². The Morgan fingerprint density at radius 3 is 1.35 bits per heavy atom. The third-order valence-corrected chi connectivity index (χ3v) is 8.45. The summed E-state index contributed by atoms with van der Waals surface area (Å²) < 4.78 is 12.4. The summed E-state index contributed by atoms with van der Waals surface area (Å²) >= 11 is 0.0144. The molecule has 0 bridgehead atoms. The maximum atomic E-state index is 6.18. The molecular formula is C30H54Ag2Cl2N4O2-2. The number of hydrogen-bond donors (Lipinski definition) is 0. The van der Waals surface area contributed by atoms with Crippen molar-refractivity contribution >= 4 is 18.4 Å². The van der Waals surface area contributed by atoms with Crippen molar-refractivity contribution in [1.82, 2.24) is 19.6 Å². The first-order valence-electron chi connectivity index (χ1n) is 14.6. The molecule has 2 aliphatic heterocycles. The Kier molecular flexibility index (Phi) is 19.9. The second-order valence-corrected chi connectivity index (χ2v) is 14.8. The van der Waals surface area contributed by atoms with E-state index < -0.39 is 0 Å². The average molecular weight is 789 g/mol. The second-order valence-electron chi connectivity index (χ2n) is 12.6. The van der Waals surface area contributed by atoms with E-state index in [1.54, 1.807) is 0 Å². The van der Waals surface area contributed by atoms with Gasteiger partial charge < -0.3 is 29.1 Å². The van der Waals surface area contributed by atoms with Gasteiger partial charge in [0.05, 0.1) is 25.7 Å². The molecule has 2 aliphatic carbocycles. The van der Waals surface area contributed by atoms with Crippen molar-refractivity contribution in [2.45, 2.75) is 92.3 Å². The van der Waals surface area contributed by atoms with Crippen molar-refractivity contribution in [3.8, 4) is 0 Å². The van der Waals surface area contributed by atoms with Crippen LogP contribution in [-0.2, 0) is 49.4 Å². The van der Waals surface area contributed by atoms with Crippen LogP contribution >= 0.6 is 18.4 Å². The first-order valence-corrected chi connectivity index (χ1v) is 18.4. The molecule has 0 amide bonds. The second kappa shape index (κ2) is 20.6. The Morgan fingerprint density at radius 1 is 0.725 bits per heavy atom. The van der Waals surface area contributed by atoms with Gasteiger partial charge in [-0.25, -0.2) is 0 Å². The van der Waals surface area contributed by atoms with Crippen molar-refractivity contribution in [2.24, 2.45) is 35.5 Å². The molecule has 0 aromatic heterocycles. The molecule has 2 fully saturated rings. The molecule has 40 heavy (non-hydrogen) atoms. The molecule has 1 radical (unpaired) electrons. The van der Waals surface area contributed by atoms with Gasteiger partial charge in [0.2, 0.25) is 0 Å². The van der Waals surface area contributed by atoms with Crippen LogP contribution in [-0.4, -0.2) is 59.4 Å². The molecule has 2 saturated carbocycles. The summed E-state index contributed by atoms with van der Waals surface area (Å²) in [6.07, 6.45) is 16.9. The third-order valence-electron chi connectivity index (χ3n) is 8.45. The van der Waals surface area contributed by atoms with Crippen molar-refractivity contribution in [2.75, 3.05) is 27.6 Å². The van der Waals surface area contributed by atoms with Gasteiger partial charge in [-0.1, -0.05) is 54.4 Å². The fourth-order valence-electron chi connectivity index (χ4n) is 6.13. The summed E-state index contributed by atoms with van der Waals surface area (Å²) in [5.74, 6) is 4.53. The quantitative estimate of drug-likeness (QED) is 0.184. The van der Waals surface area contributed by atoms with Gasteiger partial charge in [-0.3, -0.25) is 0 Å². The normalized spacial score (nSPS) is 29.9. The summed E-state index contributed by atoms with van der Waals surface area (Å²) in [7, 11) is 13.7.